The molecule has 0 saturated carbocycles. The van der Waals surface area contributed by atoms with Gasteiger partial charge in [0.15, 0.2) is 0 Å². The minimum atomic E-state index is -0.399. The number of phenols is 2. The van der Waals surface area contributed by atoms with Crippen molar-refractivity contribution in [2.75, 3.05) is 53.0 Å². The number of phenolic OH excluding ortho intramolecular Hbond substituents is 2. The molecule has 0 atom stereocenters. The van der Waals surface area contributed by atoms with E-state index in [-0.39, 0.29) is 22.6 Å². The van der Waals surface area contributed by atoms with Crippen LogP contribution in [0.1, 0.15) is 51.6 Å². The molecule has 0 aliphatic carbocycles. The Morgan fingerprint density at radius 3 is 2.50 bits per heavy atom. The average Bonchev–Trinajstić information content (AvgIpc) is 3.31. The van der Waals surface area contributed by atoms with Crippen LogP contribution in [0.3, 0.4) is 0 Å². The number of fused-ring (bicyclic) bond motifs is 1. The third kappa shape index (κ3) is 5.91. The molecule has 2 aromatic rings. The standard InChI is InChI=1S/C27H35N3O6/c1-3-4-7-28(2)26(33)22-15-23(25(32)16-24(22)31)27(34)30-17-19-5-6-21(14-20(19)18-30)36-13-10-29-8-11-35-12-9-29/h5-6,14-16,31-32H,3-4,7-13,17-18H2,1-2H3. The van der Waals surface area contributed by atoms with E-state index >= 15 is 0 Å². The zero-order chi connectivity index (χ0) is 25.7. The summed E-state index contributed by atoms with van der Waals surface area (Å²) in [4.78, 5) is 31.6. The molecule has 2 aliphatic heterocycles. The number of morpholine rings is 1. The number of hydrogen-bond donors (Lipinski definition) is 2. The van der Waals surface area contributed by atoms with Crippen LogP contribution in [0, 0.1) is 0 Å². The normalized spacial score (nSPS) is 15.6. The summed E-state index contributed by atoms with van der Waals surface area (Å²) in [5.41, 5.74) is 2.00. The van der Waals surface area contributed by atoms with Crippen molar-refractivity contribution in [3.05, 3.63) is 52.6 Å². The highest BCUT2D eigenvalue weighted by Gasteiger charge is 2.28. The van der Waals surface area contributed by atoms with Gasteiger partial charge in [0.05, 0.1) is 24.3 Å². The fraction of sp³-hybridized carbons (Fsp3) is 0.481. The Morgan fingerprint density at radius 2 is 1.75 bits per heavy atom. The first-order valence-corrected chi connectivity index (χ1v) is 12.5. The summed E-state index contributed by atoms with van der Waals surface area (Å²) >= 11 is 0. The molecule has 9 nitrogen and oxygen atoms in total. The van der Waals surface area contributed by atoms with Gasteiger partial charge in [-0.2, -0.15) is 0 Å². The number of hydrogen-bond acceptors (Lipinski definition) is 7. The monoisotopic (exact) mass is 497 g/mol. The average molecular weight is 498 g/mol. The molecule has 9 heteroatoms. The van der Waals surface area contributed by atoms with Crippen LogP contribution < -0.4 is 4.74 Å². The largest absolute Gasteiger partial charge is 0.507 e. The maximum Gasteiger partial charge on any atom is 0.258 e. The molecule has 0 unspecified atom stereocenters. The van der Waals surface area contributed by atoms with E-state index in [1.165, 1.54) is 11.0 Å². The Kier molecular flexibility index (Phi) is 8.32. The van der Waals surface area contributed by atoms with Crippen molar-refractivity contribution < 1.29 is 29.3 Å². The Balaban J connectivity index is 1.41. The number of unbranched alkanes of at least 4 members (excludes halogenated alkanes) is 1. The van der Waals surface area contributed by atoms with E-state index in [0.29, 0.717) is 26.2 Å². The first kappa shape index (κ1) is 25.8. The van der Waals surface area contributed by atoms with Crippen LogP contribution in [-0.4, -0.2) is 89.8 Å². The Morgan fingerprint density at radius 1 is 1.03 bits per heavy atom. The number of carbonyl (C=O) groups excluding carboxylic acids is 2. The van der Waals surface area contributed by atoms with Crippen molar-refractivity contribution in [1.82, 2.24) is 14.7 Å². The molecule has 1 fully saturated rings. The summed E-state index contributed by atoms with van der Waals surface area (Å²) in [5.74, 6) is -0.733. The van der Waals surface area contributed by atoms with E-state index in [1.54, 1.807) is 11.9 Å². The van der Waals surface area contributed by atoms with Crippen molar-refractivity contribution in [3.63, 3.8) is 0 Å². The molecule has 2 aliphatic rings. The Hall–Kier alpha value is -3.30. The van der Waals surface area contributed by atoms with Crippen LogP contribution in [0.4, 0.5) is 0 Å². The molecule has 2 amide bonds. The smallest absolute Gasteiger partial charge is 0.258 e. The number of nitrogens with zero attached hydrogens (tertiary/aromatic N) is 3. The molecule has 0 bridgehead atoms. The first-order valence-electron chi connectivity index (χ1n) is 12.5. The number of benzene rings is 2. The van der Waals surface area contributed by atoms with Crippen LogP contribution in [0.25, 0.3) is 0 Å². The Bertz CT molecular complexity index is 1100. The fourth-order valence-electron chi connectivity index (χ4n) is 4.51. The summed E-state index contributed by atoms with van der Waals surface area (Å²) in [6.07, 6.45) is 1.76. The molecular formula is C27H35N3O6. The molecule has 36 heavy (non-hydrogen) atoms. The van der Waals surface area contributed by atoms with Gasteiger partial charge in [-0.15, -0.1) is 0 Å². The molecule has 2 aromatic carbocycles. The van der Waals surface area contributed by atoms with Gasteiger partial charge in [0, 0.05) is 52.4 Å². The van der Waals surface area contributed by atoms with Crippen LogP contribution in [0.2, 0.25) is 0 Å². The van der Waals surface area contributed by atoms with Gasteiger partial charge in [0.2, 0.25) is 0 Å². The summed E-state index contributed by atoms with van der Waals surface area (Å²) < 4.78 is 11.3. The fourth-order valence-corrected chi connectivity index (χ4v) is 4.51. The molecule has 1 saturated heterocycles. The molecule has 4 rings (SSSR count). The van der Waals surface area contributed by atoms with E-state index in [9.17, 15) is 19.8 Å². The third-order valence-electron chi connectivity index (χ3n) is 6.74. The second-order valence-corrected chi connectivity index (χ2v) is 9.36. The van der Waals surface area contributed by atoms with E-state index in [1.807, 2.05) is 25.1 Å². The molecule has 0 radical (unpaired) electrons. The van der Waals surface area contributed by atoms with Gasteiger partial charge in [-0.25, -0.2) is 0 Å². The van der Waals surface area contributed by atoms with Crippen molar-refractivity contribution in [2.24, 2.45) is 0 Å². The summed E-state index contributed by atoms with van der Waals surface area (Å²) in [6.45, 7) is 8.07. The quantitative estimate of drug-likeness (QED) is 0.549. The SMILES string of the molecule is CCCCN(C)C(=O)c1cc(C(=O)N2Cc3ccc(OCCN4CCOCC4)cc3C2)c(O)cc1O. The van der Waals surface area contributed by atoms with Crippen molar-refractivity contribution >= 4 is 11.8 Å². The lowest BCUT2D eigenvalue weighted by Crippen LogP contribution is -2.38. The van der Waals surface area contributed by atoms with E-state index in [2.05, 4.69) is 4.90 Å². The second kappa shape index (κ2) is 11.6. The lowest BCUT2D eigenvalue weighted by molar-refractivity contribution is 0.0322. The molecule has 0 spiro atoms. The minimum Gasteiger partial charge on any atom is -0.507 e. The highest BCUT2D eigenvalue weighted by molar-refractivity contribution is 6.03. The maximum atomic E-state index is 13.3. The van der Waals surface area contributed by atoms with Gasteiger partial charge < -0.3 is 29.5 Å². The zero-order valence-electron chi connectivity index (χ0n) is 21.0. The highest BCUT2D eigenvalue weighted by atomic mass is 16.5. The molecule has 194 valence electrons. The van der Waals surface area contributed by atoms with Gasteiger partial charge in [-0.3, -0.25) is 14.5 Å². The highest BCUT2D eigenvalue weighted by Crippen LogP contribution is 2.33. The van der Waals surface area contributed by atoms with Crippen molar-refractivity contribution in [3.8, 4) is 17.2 Å². The molecular weight excluding hydrogens is 462 g/mol. The summed E-state index contributed by atoms with van der Waals surface area (Å²) in [6, 6.07) is 8.18. The summed E-state index contributed by atoms with van der Waals surface area (Å²) in [5, 5.41) is 20.7. The molecule has 2 N–H and O–H groups in total. The number of amides is 2. The van der Waals surface area contributed by atoms with Gasteiger partial charge in [0.1, 0.15) is 23.9 Å². The maximum absolute atomic E-state index is 13.3. The zero-order valence-corrected chi connectivity index (χ0v) is 21.0. The van der Waals surface area contributed by atoms with Crippen molar-refractivity contribution in [1.29, 1.82) is 0 Å². The van der Waals surface area contributed by atoms with Gasteiger partial charge in [-0.05, 0) is 35.7 Å². The second-order valence-electron chi connectivity index (χ2n) is 9.36. The van der Waals surface area contributed by atoms with E-state index < -0.39 is 11.8 Å². The minimum absolute atomic E-state index is 0.00224. The third-order valence-corrected chi connectivity index (χ3v) is 6.74. The van der Waals surface area contributed by atoms with Gasteiger partial charge in [0.25, 0.3) is 11.8 Å². The molecule has 2 heterocycles. The van der Waals surface area contributed by atoms with Crippen molar-refractivity contribution in [2.45, 2.75) is 32.9 Å². The van der Waals surface area contributed by atoms with Gasteiger partial charge >= 0.3 is 0 Å². The predicted molar refractivity (Wildman–Crippen MR) is 134 cm³/mol. The molecule has 0 aromatic heterocycles. The topological polar surface area (TPSA) is 103 Å². The predicted octanol–water partition coefficient (Wildman–Crippen LogP) is 2.84. The van der Waals surface area contributed by atoms with Crippen LogP contribution in [-0.2, 0) is 17.8 Å². The van der Waals surface area contributed by atoms with Crippen LogP contribution in [0.15, 0.2) is 30.3 Å². The number of rotatable bonds is 9. The lowest BCUT2D eigenvalue weighted by Gasteiger charge is -2.26. The number of ether oxygens (including phenoxy) is 2. The van der Waals surface area contributed by atoms with Crippen LogP contribution in [0.5, 0.6) is 17.2 Å². The van der Waals surface area contributed by atoms with Crippen LogP contribution >= 0.6 is 0 Å². The Labute approximate surface area is 211 Å². The first-order chi connectivity index (χ1) is 17.4. The number of carbonyl (C=O) groups is 2. The van der Waals surface area contributed by atoms with Gasteiger partial charge in [-0.1, -0.05) is 19.4 Å². The summed E-state index contributed by atoms with van der Waals surface area (Å²) in [7, 11) is 1.66. The van der Waals surface area contributed by atoms with E-state index in [0.717, 1.165) is 68.6 Å². The number of aromatic hydroxyl groups is 2. The van der Waals surface area contributed by atoms with E-state index in [4.69, 9.17) is 9.47 Å². The lowest BCUT2D eigenvalue weighted by atomic mass is 10.1.